The van der Waals surface area contributed by atoms with Gasteiger partial charge in [-0.05, 0) is 44.1 Å². The maximum Gasteiger partial charge on any atom is 0.119 e. The van der Waals surface area contributed by atoms with Crippen LogP contribution in [0.4, 0.5) is 0 Å². The maximum absolute atomic E-state index is 5.28. The second-order valence-corrected chi connectivity index (χ2v) is 4.57. The fraction of sp³-hybridized carbons (Fsp3) is 0.400. The number of methoxy groups -OCH3 is 1. The Kier molecular flexibility index (Phi) is 4.58. The molecule has 19 heavy (non-hydrogen) atoms. The first-order chi connectivity index (χ1) is 9.26. The summed E-state index contributed by atoms with van der Waals surface area (Å²) in [5.41, 5.74) is 3.62. The molecule has 0 unspecified atom stereocenters. The molecule has 1 N–H and O–H groups in total. The van der Waals surface area contributed by atoms with Crippen molar-refractivity contribution in [2.45, 2.75) is 12.8 Å². The summed E-state index contributed by atoms with van der Waals surface area (Å²) in [4.78, 5) is 0. The number of hydrogen-bond acceptors (Lipinski definition) is 3. The van der Waals surface area contributed by atoms with Crippen LogP contribution in [-0.4, -0.2) is 30.5 Å². The van der Waals surface area contributed by atoms with E-state index in [0.717, 1.165) is 30.7 Å². The quantitative estimate of drug-likeness (QED) is 0.809. The fourth-order valence-corrected chi connectivity index (χ4v) is 2.22. The number of aromatic nitrogens is 2. The fourth-order valence-electron chi connectivity index (χ4n) is 2.22. The summed E-state index contributed by atoms with van der Waals surface area (Å²) in [7, 11) is 5.67. The molecule has 0 radical (unpaired) electrons. The number of nitrogens with zero attached hydrogens (tertiary/aromatic N) is 2. The van der Waals surface area contributed by atoms with E-state index in [0.29, 0.717) is 0 Å². The average molecular weight is 259 g/mol. The van der Waals surface area contributed by atoms with Crippen molar-refractivity contribution in [3.8, 4) is 16.9 Å². The van der Waals surface area contributed by atoms with E-state index in [1.54, 1.807) is 7.11 Å². The molecule has 0 aliphatic heterocycles. The first-order valence-electron chi connectivity index (χ1n) is 6.56. The molecule has 0 bridgehead atoms. The molecule has 0 atom stereocenters. The summed E-state index contributed by atoms with van der Waals surface area (Å²) < 4.78 is 7.25. The largest absolute Gasteiger partial charge is 0.497 e. The van der Waals surface area contributed by atoms with Gasteiger partial charge in [-0.1, -0.05) is 12.1 Å². The highest BCUT2D eigenvalue weighted by atomic mass is 16.5. The standard InChI is InChI=1S/C15H21N3O/c1-16-9-5-8-15-14(11-17-18(15)2)12-6-4-7-13(10-12)19-3/h4,6-7,10-11,16H,5,8-9H2,1-3H3. The van der Waals surface area contributed by atoms with Crippen molar-refractivity contribution in [3.63, 3.8) is 0 Å². The molecule has 0 saturated heterocycles. The number of rotatable bonds is 6. The van der Waals surface area contributed by atoms with Crippen molar-refractivity contribution in [1.82, 2.24) is 15.1 Å². The van der Waals surface area contributed by atoms with Gasteiger partial charge in [0.15, 0.2) is 0 Å². The Bertz CT molecular complexity index is 534. The number of hydrogen-bond donors (Lipinski definition) is 1. The van der Waals surface area contributed by atoms with Crippen molar-refractivity contribution in [2.24, 2.45) is 7.05 Å². The molecule has 0 saturated carbocycles. The molecule has 0 aliphatic rings. The van der Waals surface area contributed by atoms with E-state index in [1.807, 2.05) is 37.1 Å². The van der Waals surface area contributed by atoms with Crippen LogP contribution in [-0.2, 0) is 13.5 Å². The number of benzene rings is 1. The van der Waals surface area contributed by atoms with Crippen LogP contribution in [0, 0.1) is 0 Å². The van der Waals surface area contributed by atoms with Gasteiger partial charge in [-0.2, -0.15) is 5.10 Å². The molecule has 1 aromatic carbocycles. The lowest BCUT2D eigenvalue weighted by Gasteiger charge is -2.08. The molecular weight excluding hydrogens is 238 g/mol. The van der Waals surface area contributed by atoms with Crippen LogP contribution in [0.1, 0.15) is 12.1 Å². The molecule has 2 rings (SSSR count). The minimum Gasteiger partial charge on any atom is -0.497 e. The smallest absolute Gasteiger partial charge is 0.119 e. The molecule has 0 spiro atoms. The van der Waals surface area contributed by atoms with Gasteiger partial charge in [0.05, 0.1) is 13.3 Å². The van der Waals surface area contributed by atoms with Crippen molar-refractivity contribution < 1.29 is 4.74 Å². The first-order valence-corrected chi connectivity index (χ1v) is 6.56. The lowest BCUT2D eigenvalue weighted by Crippen LogP contribution is -2.10. The van der Waals surface area contributed by atoms with Gasteiger partial charge in [0.2, 0.25) is 0 Å². The normalized spacial score (nSPS) is 10.7. The molecule has 0 amide bonds. The predicted octanol–water partition coefficient (Wildman–Crippen LogP) is 2.25. The SMILES string of the molecule is CNCCCc1c(-c2cccc(OC)c2)cnn1C. The third-order valence-corrected chi connectivity index (χ3v) is 3.28. The van der Waals surface area contributed by atoms with Gasteiger partial charge in [-0.25, -0.2) is 0 Å². The average Bonchev–Trinajstić information content (AvgIpc) is 2.81. The van der Waals surface area contributed by atoms with E-state index < -0.39 is 0 Å². The van der Waals surface area contributed by atoms with E-state index in [2.05, 4.69) is 22.5 Å². The molecule has 1 heterocycles. The summed E-state index contributed by atoms with van der Waals surface area (Å²) in [5, 5.41) is 7.56. The van der Waals surface area contributed by atoms with Crippen LogP contribution in [0.25, 0.3) is 11.1 Å². The summed E-state index contributed by atoms with van der Waals surface area (Å²) in [5.74, 6) is 0.877. The molecule has 4 heteroatoms. The Morgan fingerprint density at radius 3 is 2.95 bits per heavy atom. The second kappa shape index (κ2) is 6.38. The zero-order valence-electron chi connectivity index (χ0n) is 11.8. The monoisotopic (exact) mass is 259 g/mol. The van der Waals surface area contributed by atoms with E-state index in [1.165, 1.54) is 11.3 Å². The third-order valence-electron chi connectivity index (χ3n) is 3.28. The molecule has 102 valence electrons. The van der Waals surface area contributed by atoms with E-state index in [9.17, 15) is 0 Å². The number of nitrogens with one attached hydrogen (secondary N) is 1. The molecular formula is C15H21N3O. The van der Waals surface area contributed by atoms with Gasteiger partial charge in [0, 0.05) is 18.3 Å². The topological polar surface area (TPSA) is 39.1 Å². The Morgan fingerprint density at radius 2 is 2.21 bits per heavy atom. The van der Waals surface area contributed by atoms with Gasteiger partial charge in [0.25, 0.3) is 0 Å². The summed E-state index contributed by atoms with van der Waals surface area (Å²) in [6, 6.07) is 8.12. The Labute approximate surface area is 114 Å². The first kappa shape index (κ1) is 13.6. The number of aryl methyl sites for hydroxylation is 1. The van der Waals surface area contributed by atoms with E-state index >= 15 is 0 Å². The van der Waals surface area contributed by atoms with Crippen LogP contribution < -0.4 is 10.1 Å². The summed E-state index contributed by atoms with van der Waals surface area (Å²) in [6.45, 7) is 1.02. The lowest BCUT2D eigenvalue weighted by atomic mass is 10.0. The van der Waals surface area contributed by atoms with Gasteiger partial charge >= 0.3 is 0 Å². The van der Waals surface area contributed by atoms with E-state index in [-0.39, 0.29) is 0 Å². The molecule has 1 aromatic heterocycles. The number of ether oxygens (including phenoxy) is 1. The minimum atomic E-state index is 0.877. The molecule has 0 fully saturated rings. The zero-order valence-corrected chi connectivity index (χ0v) is 11.8. The summed E-state index contributed by atoms with van der Waals surface area (Å²) in [6.07, 6.45) is 4.06. The molecule has 4 nitrogen and oxygen atoms in total. The van der Waals surface area contributed by atoms with Gasteiger partial charge in [0.1, 0.15) is 5.75 Å². The summed E-state index contributed by atoms with van der Waals surface area (Å²) >= 11 is 0. The maximum atomic E-state index is 5.28. The van der Waals surface area contributed by atoms with Crippen molar-refractivity contribution in [3.05, 3.63) is 36.2 Å². The van der Waals surface area contributed by atoms with Gasteiger partial charge in [-0.15, -0.1) is 0 Å². The van der Waals surface area contributed by atoms with E-state index in [4.69, 9.17) is 4.74 Å². The van der Waals surface area contributed by atoms with Crippen LogP contribution in [0.5, 0.6) is 5.75 Å². The van der Waals surface area contributed by atoms with Crippen LogP contribution in [0.3, 0.4) is 0 Å². The Hall–Kier alpha value is -1.81. The van der Waals surface area contributed by atoms with Crippen LogP contribution >= 0.6 is 0 Å². The highest BCUT2D eigenvalue weighted by molar-refractivity contribution is 5.67. The Balaban J connectivity index is 2.28. The van der Waals surface area contributed by atoms with Crippen molar-refractivity contribution in [2.75, 3.05) is 20.7 Å². The van der Waals surface area contributed by atoms with Gasteiger partial charge < -0.3 is 10.1 Å². The highest BCUT2D eigenvalue weighted by Crippen LogP contribution is 2.27. The lowest BCUT2D eigenvalue weighted by molar-refractivity contribution is 0.415. The predicted molar refractivity (Wildman–Crippen MR) is 77.4 cm³/mol. The van der Waals surface area contributed by atoms with Crippen molar-refractivity contribution >= 4 is 0 Å². The highest BCUT2D eigenvalue weighted by Gasteiger charge is 2.10. The van der Waals surface area contributed by atoms with Crippen LogP contribution in [0.15, 0.2) is 30.5 Å². The zero-order chi connectivity index (χ0) is 13.7. The Morgan fingerprint density at radius 1 is 1.37 bits per heavy atom. The van der Waals surface area contributed by atoms with Crippen LogP contribution in [0.2, 0.25) is 0 Å². The second-order valence-electron chi connectivity index (χ2n) is 4.57. The molecule has 2 aromatic rings. The van der Waals surface area contributed by atoms with Gasteiger partial charge in [-0.3, -0.25) is 4.68 Å². The minimum absolute atomic E-state index is 0.877. The molecule has 0 aliphatic carbocycles. The van der Waals surface area contributed by atoms with Crippen molar-refractivity contribution in [1.29, 1.82) is 0 Å². The third kappa shape index (κ3) is 3.15.